The molecule has 25 heavy (non-hydrogen) atoms. The molecule has 0 bridgehead atoms. The van der Waals surface area contributed by atoms with Crippen molar-refractivity contribution >= 4 is 45.6 Å². The fourth-order valence-electron chi connectivity index (χ4n) is 2.25. The third kappa shape index (κ3) is 4.75. The van der Waals surface area contributed by atoms with Gasteiger partial charge < -0.3 is 5.32 Å². The van der Waals surface area contributed by atoms with Crippen LogP contribution in [0.25, 0.3) is 0 Å². The molecule has 2 heterocycles. The Kier molecular flexibility index (Phi) is 5.63. The van der Waals surface area contributed by atoms with Crippen molar-refractivity contribution in [2.75, 3.05) is 5.32 Å². The molecule has 0 atom stereocenters. The van der Waals surface area contributed by atoms with Crippen LogP contribution in [0.4, 0.5) is 5.13 Å². The van der Waals surface area contributed by atoms with Gasteiger partial charge >= 0.3 is 0 Å². The molecule has 0 aliphatic carbocycles. The third-order valence-electron chi connectivity index (χ3n) is 3.40. The van der Waals surface area contributed by atoms with Crippen LogP contribution in [0.5, 0.6) is 0 Å². The number of halogens is 2. The lowest BCUT2D eigenvalue weighted by Gasteiger charge is -2.07. The molecule has 0 saturated carbocycles. The van der Waals surface area contributed by atoms with E-state index in [0.29, 0.717) is 27.8 Å². The Morgan fingerprint density at radius 3 is 2.68 bits per heavy atom. The number of aromatic nitrogens is 3. The predicted molar refractivity (Wildman–Crippen MR) is 100 cm³/mol. The number of hydrogen-bond donors (Lipinski definition) is 1. The fraction of sp³-hybridized carbons (Fsp3) is 0.176. The average molecular weight is 393 g/mol. The summed E-state index contributed by atoms with van der Waals surface area (Å²) in [5, 5.41) is 12.8. The fourth-order valence-corrected chi connectivity index (χ4v) is 3.71. The van der Waals surface area contributed by atoms with Crippen molar-refractivity contribution in [1.82, 2.24) is 15.2 Å². The average Bonchev–Trinajstić information content (AvgIpc) is 2.98. The molecule has 0 radical (unpaired) electrons. The second kappa shape index (κ2) is 7.91. The predicted octanol–water partition coefficient (Wildman–Crippen LogP) is 4.32. The minimum atomic E-state index is -0.267. The van der Waals surface area contributed by atoms with Crippen LogP contribution in [0.1, 0.15) is 21.8 Å². The Labute approximate surface area is 159 Å². The minimum absolute atomic E-state index is 0.0263. The molecule has 0 saturated heterocycles. The van der Waals surface area contributed by atoms with E-state index in [1.807, 2.05) is 30.3 Å². The number of nitrogens with zero attached hydrogens (tertiary/aromatic N) is 3. The maximum absolute atomic E-state index is 12.2. The quantitative estimate of drug-likeness (QED) is 0.656. The van der Waals surface area contributed by atoms with E-state index in [1.54, 1.807) is 13.0 Å². The summed E-state index contributed by atoms with van der Waals surface area (Å²) in [6.45, 7) is 1.79. The molecule has 1 amide bonds. The molecule has 0 aliphatic heterocycles. The van der Waals surface area contributed by atoms with Gasteiger partial charge in [-0.2, -0.15) is 0 Å². The number of carbonyl (C=O) groups is 1. The third-order valence-corrected chi connectivity index (χ3v) is 4.88. The highest BCUT2D eigenvalue weighted by Gasteiger charge is 2.15. The first kappa shape index (κ1) is 17.8. The first-order chi connectivity index (χ1) is 12.0. The number of rotatable bonds is 5. The van der Waals surface area contributed by atoms with E-state index < -0.39 is 0 Å². The molecule has 0 aliphatic rings. The highest BCUT2D eigenvalue weighted by Crippen LogP contribution is 2.25. The van der Waals surface area contributed by atoms with E-state index in [1.165, 1.54) is 11.3 Å². The Bertz CT molecular complexity index is 876. The molecule has 2 aromatic heterocycles. The summed E-state index contributed by atoms with van der Waals surface area (Å²) >= 11 is 13.6. The summed E-state index contributed by atoms with van der Waals surface area (Å²) in [5.74, 6) is -0.267. The molecule has 0 unspecified atom stereocenters. The van der Waals surface area contributed by atoms with Crippen molar-refractivity contribution in [3.8, 4) is 0 Å². The topological polar surface area (TPSA) is 67.8 Å². The number of hydrogen-bond acceptors (Lipinski definition) is 5. The van der Waals surface area contributed by atoms with Crippen molar-refractivity contribution in [1.29, 1.82) is 0 Å². The lowest BCUT2D eigenvalue weighted by molar-refractivity contribution is -0.115. The second-order valence-corrected chi connectivity index (χ2v) is 7.23. The van der Waals surface area contributed by atoms with Crippen LogP contribution >= 0.6 is 34.5 Å². The van der Waals surface area contributed by atoms with Gasteiger partial charge in [-0.25, -0.2) is 4.98 Å². The Hall–Kier alpha value is -2.02. The van der Waals surface area contributed by atoms with Crippen molar-refractivity contribution in [3.63, 3.8) is 0 Å². The van der Waals surface area contributed by atoms with Crippen LogP contribution in [0.15, 0.2) is 36.4 Å². The number of anilines is 1. The number of pyridine rings is 1. The SMILES string of the molecule is Cc1cc(Cl)c(CC(=O)Nc2nnc(Cc3ccccc3)s2)c(Cl)n1. The van der Waals surface area contributed by atoms with Crippen molar-refractivity contribution in [2.45, 2.75) is 19.8 Å². The van der Waals surface area contributed by atoms with Gasteiger partial charge in [0.1, 0.15) is 10.2 Å². The number of aryl methyl sites for hydroxylation is 1. The minimum Gasteiger partial charge on any atom is -0.300 e. The largest absolute Gasteiger partial charge is 0.300 e. The van der Waals surface area contributed by atoms with Gasteiger partial charge in [0.25, 0.3) is 0 Å². The highest BCUT2D eigenvalue weighted by atomic mass is 35.5. The zero-order valence-electron chi connectivity index (χ0n) is 13.3. The van der Waals surface area contributed by atoms with Crippen LogP contribution in [0.2, 0.25) is 10.2 Å². The van der Waals surface area contributed by atoms with Crippen molar-refractivity contribution < 1.29 is 4.79 Å². The van der Waals surface area contributed by atoms with Crippen LogP contribution in [0, 0.1) is 6.92 Å². The zero-order chi connectivity index (χ0) is 17.8. The smallest absolute Gasteiger partial charge is 0.230 e. The summed E-state index contributed by atoms with van der Waals surface area (Å²) in [7, 11) is 0. The molecule has 0 fully saturated rings. The standard InChI is InChI=1S/C17H14Cl2N4OS/c1-10-7-13(18)12(16(19)20-10)9-14(24)21-17-23-22-15(25-17)8-11-5-3-2-4-6-11/h2-7H,8-9H2,1H3,(H,21,23,24). The monoisotopic (exact) mass is 392 g/mol. The maximum Gasteiger partial charge on any atom is 0.230 e. The van der Waals surface area contributed by atoms with Crippen LogP contribution in [-0.4, -0.2) is 21.1 Å². The zero-order valence-corrected chi connectivity index (χ0v) is 15.6. The van der Waals surface area contributed by atoms with E-state index in [4.69, 9.17) is 23.2 Å². The van der Waals surface area contributed by atoms with Gasteiger partial charge in [0.15, 0.2) is 0 Å². The normalized spacial score (nSPS) is 10.7. The van der Waals surface area contributed by atoms with Gasteiger partial charge in [0.2, 0.25) is 11.0 Å². The summed E-state index contributed by atoms with van der Waals surface area (Å²) in [5.41, 5.74) is 2.34. The molecule has 3 aromatic rings. The van der Waals surface area contributed by atoms with Crippen molar-refractivity contribution in [3.05, 3.63) is 68.4 Å². The van der Waals surface area contributed by atoms with Crippen LogP contribution in [-0.2, 0) is 17.6 Å². The lowest BCUT2D eigenvalue weighted by Crippen LogP contribution is -2.15. The molecular weight excluding hydrogens is 379 g/mol. The van der Waals surface area contributed by atoms with E-state index in [-0.39, 0.29) is 17.5 Å². The van der Waals surface area contributed by atoms with Gasteiger partial charge in [0, 0.05) is 22.7 Å². The first-order valence-electron chi connectivity index (χ1n) is 7.49. The number of benzene rings is 1. The van der Waals surface area contributed by atoms with Gasteiger partial charge in [-0.05, 0) is 18.6 Å². The molecular formula is C17H14Cl2N4OS. The summed E-state index contributed by atoms with van der Waals surface area (Å²) in [6, 6.07) is 11.6. The van der Waals surface area contributed by atoms with Crippen LogP contribution < -0.4 is 5.32 Å². The molecule has 128 valence electrons. The second-order valence-electron chi connectivity index (χ2n) is 5.40. The van der Waals surface area contributed by atoms with E-state index in [9.17, 15) is 4.79 Å². The van der Waals surface area contributed by atoms with E-state index >= 15 is 0 Å². The molecule has 3 rings (SSSR count). The van der Waals surface area contributed by atoms with Gasteiger partial charge in [-0.3, -0.25) is 4.79 Å². The van der Waals surface area contributed by atoms with Gasteiger partial charge in [0.05, 0.1) is 6.42 Å². The lowest BCUT2D eigenvalue weighted by atomic mass is 10.2. The summed E-state index contributed by atoms with van der Waals surface area (Å²) in [4.78, 5) is 16.3. The molecule has 0 spiro atoms. The summed E-state index contributed by atoms with van der Waals surface area (Å²) in [6.07, 6.45) is 0.701. The molecule has 1 N–H and O–H groups in total. The Morgan fingerprint density at radius 1 is 1.20 bits per heavy atom. The number of nitrogens with one attached hydrogen (secondary N) is 1. The van der Waals surface area contributed by atoms with E-state index in [2.05, 4.69) is 20.5 Å². The maximum atomic E-state index is 12.2. The molecule has 5 nitrogen and oxygen atoms in total. The van der Waals surface area contributed by atoms with E-state index in [0.717, 1.165) is 10.6 Å². The molecule has 8 heteroatoms. The van der Waals surface area contributed by atoms with Crippen LogP contribution in [0.3, 0.4) is 0 Å². The first-order valence-corrected chi connectivity index (χ1v) is 9.06. The molecule has 1 aromatic carbocycles. The highest BCUT2D eigenvalue weighted by molar-refractivity contribution is 7.15. The Balaban J connectivity index is 1.64. The summed E-state index contributed by atoms with van der Waals surface area (Å²) < 4.78 is 0. The number of carbonyl (C=O) groups excluding carboxylic acids is 1. The van der Waals surface area contributed by atoms with Crippen molar-refractivity contribution in [2.24, 2.45) is 0 Å². The number of amides is 1. The van der Waals surface area contributed by atoms with Gasteiger partial charge in [-0.1, -0.05) is 64.9 Å². The van der Waals surface area contributed by atoms with Gasteiger partial charge in [-0.15, -0.1) is 10.2 Å². The Morgan fingerprint density at radius 2 is 1.96 bits per heavy atom.